The van der Waals surface area contributed by atoms with Gasteiger partial charge >= 0.3 is 0 Å². The van der Waals surface area contributed by atoms with E-state index in [9.17, 15) is 4.79 Å². The quantitative estimate of drug-likeness (QED) is 0.776. The summed E-state index contributed by atoms with van der Waals surface area (Å²) in [6.45, 7) is 1.88. The first-order chi connectivity index (χ1) is 6.59. The maximum atomic E-state index is 10.4. The van der Waals surface area contributed by atoms with E-state index in [1.54, 1.807) is 18.3 Å². The van der Waals surface area contributed by atoms with Gasteiger partial charge in [-0.2, -0.15) is 0 Å². The minimum absolute atomic E-state index is 0.238. The van der Waals surface area contributed by atoms with Gasteiger partial charge in [0.2, 0.25) is 5.91 Å². The van der Waals surface area contributed by atoms with Crippen molar-refractivity contribution in [2.75, 3.05) is 0 Å². The van der Waals surface area contributed by atoms with Crippen LogP contribution in [0.25, 0.3) is 6.08 Å². The number of nitrogens with zero attached hydrogens (tertiary/aromatic N) is 1. The van der Waals surface area contributed by atoms with Crippen LogP contribution in [0.2, 0.25) is 5.15 Å². The van der Waals surface area contributed by atoms with E-state index >= 15 is 0 Å². The molecule has 0 aliphatic carbocycles. The minimum Gasteiger partial charge on any atom is -0.369 e. The molecule has 2 N–H and O–H groups in total. The van der Waals surface area contributed by atoms with Crippen LogP contribution >= 0.6 is 11.6 Å². The van der Waals surface area contributed by atoms with Crippen LogP contribution in [0.1, 0.15) is 17.5 Å². The lowest BCUT2D eigenvalue weighted by molar-refractivity contribution is -0.117. The normalized spacial score (nSPS) is 10.7. The molecule has 0 aromatic carbocycles. The van der Waals surface area contributed by atoms with E-state index in [1.165, 1.54) is 0 Å². The van der Waals surface area contributed by atoms with Crippen LogP contribution in [0.5, 0.6) is 0 Å². The third kappa shape index (κ3) is 3.18. The topological polar surface area (TPSA) is 56.0 Å². The molecule has 0 fully saturated rings. The van der Waals surface area contributed by atoms with Crippen molar-refractivity contribution in [1.29, 1.82) is 0 Å². The van der Waals surface area contributed by atoms with E-state index in [4.69, 9.17) is 17.3 Å². The molecule has 0 spiro atoms. The highest BCUT2D eigenvalue weighted by molar-refractivity contribution is 6.30. The largest absolute Gasteiger partial charge is 0.369 e. The van der Waals surface area contributed by atoms with Gasteiger partial charge in [0.1, 0.15) is 5.15 Å². The molecule has 0 aliphatic heterocycles. The second kappa shape index (κ2) is 4.77. The zero-order valence-electron chi connectivity index (χ0n) is 7.83. The smallest absolute Gasteiger partial charge is 0.221 e. The number of hydrogen-bond acceptors (Lipinski definition) is 2. The number of aromatic nitrogens is 1. The van der Waals surface area contributed by atoms with E-state index in [-0.39, 0.29) is 12.3 Å². The average molecular weight is 211 g/mol. The first kappa shape index (κ1) is 10.7. The molecule has 1 amide bonds. The number of amides is 1. The predicted molar refractivity (Wildman–Crippen MR) is 56.8 cm³/mol. The van der Waals surface area contributed by atoms with Crippen molar-refractivity contribution in [2.24, 2.45) is 5.73 Å². The standard InChI is InChI=1S/C10H11ClN2O/c1-7-5-8(6-13-10(7)11)3-2-4-9(12)14/h2-3,5-6H,4H2,1H3,(H2,12,14). The highest BCUT2D eigenvalue weighted by atomic mass is 35.5. The maximum Gasteiger partial charge on any atom is 0.221 e. The van der Waals surface area contributed by atoms with Crippen molar-refractivity contribution < 1.29 is 4.79 Å². The van der Waals surface area contributed by atoms with Gasteiger partial charge in [-0.25, -0.2) is 4.98 Å². The van der Waals surface area contributed by atoms with Crippen molar-refractivity contribution in [1.82, 2.24) is 4.98 Å². The molecule has 0 radical (unpaired) electrons. The number of carbonyl (C=O) groups excluding carboxylic acids is 1. The zero-order chi connectivity index (χ0) is 10.6. The van der Waals surface area contributed by atoms with E-state index in [0.717, 1.165) is 11.1 Å². The van der Waals surface area contributed by atoms with Gasteiger partial charge in [-0.15, -0.1) is 0 Å². The Labute approximate surface area is 87.6 Å². The Bertz CT molecular complexity index is 374. The fourth-order valence-electron chi connectivity index (χ4n) is 0.982. The molecule has 1 aromatic heterocycles. The van der Waals surface area contributed by atoms with E-state index < -0.39 is 0 Å². The molecule has 14 heavy (non-hydrogen) atoms. The molecule has 0 bridgehead atoms. The third-order valence-corrected chi connectivity index (χ3v) is 2.06. The highest BCUT2D eigenvalue weighted by Crippen LogP contribution is 2.13. The van der Waals surface area contributed by atoms with Gasteiger partial charge in [0, 0.05) is 12.6 Å². The molecule has 0 unspecified atom stereocenters. The van der Waals surface area contributed by atoms with Gasteiger partial charge in [-0.05, 0) is 24.1 Å². The van der Waals surface area contributed by atoms with Crippen LogP contribution in [0.3, 0.4) is 0 Å². The predicted octanol–water partition coefficient (Wildman–Crippen LogP) is 1.93. The molecule has 74 valence electrons. The Hall–Kier alpha value is -1.35. The summed E-state index contributed by atoms with van der Waals surface area (Å²) in [6.07, 6.45) is 5.38. The van der Waals surface area contributed by atoms with Crippen molar-refractivity contribution in [3.8, 4) is 0 Å². The fraction of sp³-hybridized carbons (Fsp3) is 0.200. The highest BCUT2D eigenvalue weighted by Gasteiger charge is 1.96. The molecule has 0 saturated heterocycles. The van der Waals surface area contributed by atoms with Crippen molar-refractivity contribution in [3.05, 3.63) is 34.6 Å². The molecule has 0 atom stereocenters. The Kier molecular flexibility index (Phi) is 3.65. The molecule has 0 saturated carbocycles. The summed E-state index contributed by atoms with van der Waals surface area (Å²) in [4.78, 5) is 14.4. The second-order valence-corrected chi connectivity index (χ2v) is 3.31. The molecular weight excluding hydrogens is 200 g/mol. The monoisotopic (exact) mass is 210 g/mol. The number of rotatable bonds is 3. The number of nitrogens with two attached hydrogens (primary N) is 1. The number of aryl methyl sites for hydroxylation is 1. The summed E-state index contributed by atoms with van der Waals surface area (Å²) in [5, 5.41) is 0.497. The van der Waals surface area contributed by atoms with Gasteiger partial charge in [0.05, 0.1) is 0 Å². The van der Waals surface area contributed by atoms with Crippen LogP contribution in [-0.2, 0) is 4.79 Å². The Morgan fingerprint density at radius 1 is 1.71 bits per heavy atom. The Balaban J connectivity index is 2.73. The lowest BCUT2D eigenvalue weighted by Gasteiger charge is -1.97. The molecule has 1 heterocycles. The second-order valence-electron chi connectivity index (χ2n) is 2.95. The van der Waals surface area contributed by atoms with Gasteiger partial charge < -0.3 is 5.73 Å². The number of primary amides is 1. The van der Waals surface area contributed by atoms with Gasteiger partial charge in [0.15, 0.2) is 0 Å². The van der Waals surface area contributed by atoms with Crippen molar-refractivity contribution >= 4 is 23.6 Å². The molecule has 3 nitrogen and oxygen atoms in total. The third-order valence-electron chi connectivity index (χ3n) is 1.66. The van der Waals surface area contributed by atoms with Crippen LogP contribution in [-0.4, -0.2) is 10.9 Å². The molecule has 1 aromatic rings. The molecule has 4 heteroatoms. The van der Waals surface area contributed by atoms with Crippen molar-refractivity contribution in [2.45, 2.75) is 13.3 Å². The summed E-state index contributed by atoms with van der Waals surface area (Å²) >= 11 is 5.76. The van der Waals surface area contributed by atoms with Gasteiger partial charge in [0.25, 0.3) is 0 Å². The van der Waals surface area contributed by atoms with Gasteiger partial charge in [-0.1, -0.05) is 23.8 Å². The molecule has 1 rings (SSSR count). The number of hydrogen-bond donors (Lipinski definition) is 1. The van der Waals surface area contributed by atoms with Crippen LogP contribution in [0, 0.1) is 6.92 Å². The fourth-order valence-corrected chi connectivity index (χ4v) is 1.09. The molecule has 0 aliphatic rings. The molecular formula is C10H11ClN2O. The number of pyridine rings is 1. The van der Waals surface area contributed by atoms with Crippen LogP contribution < -0.4 is 5.73 Å². The average Bonchev–Trinajstić information content (AvgIpc) is 2.10. The first-order valence-electron chi connectivity index (χ1n) is 4.16. The SMILES string of the molecule is Cc1cc(C=CCC(N)=O)cnc1Cl. The maximum absolute atomic E-state index is 10.4. The van der Waals surface area contributed by atoms with Crippen LogP contribution in [0.4, 0.5) is 0 Å². The van der Waals surface area contributed by atoms with E-state index in [1.807, 2.05) is 13.0 Å². The first-order valence-corrected chi connectivity index (χ1v) is 4.54. The lowest BCUT2D eigenvalue weighted by atomic mass is 10.2. The van der Waals surface area contributed by atoms with E-state index in [0.29, 0.717) is 5.15 Å². The van der Waals surface area contributed by atoms with E-state index in [2.05, 4.69) is 4.98 Å². The summed E-state index contributed by atoms with van der Waals surface area (Å²) in [6, 6.07) is 1.90. The lowest BCUT2D eigenvalue weighted by Crippen LogP contribution is -2.07. The summed E-state index contributed by atoms with van der Waals surface area (Å²) in [5.41, 5.74) is 6.80. The number of carbonyl (C=O) groups is 1. The minimum atomic E-state index is -0.347. The van der Waals surface area contributed by atoms with Gasteiger partial charge in [-0.3, -0.25) is 4.79 Å². The van der Waals surface area contributed by atoms with Crippen molar-refractivity contribution in [3.63, 3.8) is 0 Å². The number of halogens is 1. The summed E-state index contributed by atoms with van der Waals surface area (Å²) in [7, 11) is 0. The zero-order valence-corrected chi connectivity index (χ0v) is 8.58. The Morgan fingerprint density at radius 2 is 2.43 bits per heavy atom. The summed E-state index contributed by atoms with van der Waals surface area (Å²) < 4.78 is 0. The van der Waals surface area contributed by atoms with Crippen LogP contribution in [0.15, 0.2) is 18.3 Å². The summed E-state index contributed by atoms with van der Waals surface area (Å²) in [5.74, 6) is -0.347. The Morgan fingerprint density at radius 3 is 3.00 bits per heavy atom.